The van der Waals surface area contributed by atoms with Gasteiger partial charge in [0.25, 0.3) is 5.91 Å². The SMILES string of the molecule is CNC(=O)c1ccc(C2CCCCN2Cc2ccsc2)n1C. The van der Waals surface area contributed by atoms with Crippen molar-refractivity contribution >= 4 is 17.2 Å². The van der Waals surface area contributed by atoms with Gasteiger partial charge in [-0.15, -0.1) is 0 Å². The van der Waals surface area contributed by atoms with Crippen molar-refractivity contribution < 1.29 is 4.79 Å². The Bertz CT molecular complexity index is 632. The van der Waals surface area contributed by atoms with Gasteiger partial charge in [0.1, 0.15) is 5.69 Å². The van der Waals surface area contributed by atoms with Crippen molar-refractivity contribution in [2.24, 2.45) is 7.05 Å². The number of piperidine rings is 1. The van der Waals surface area contributed by atoms with Gasteiger partial charge in [0.2, 0.25) is 0 Å². The van der Waals surface area contributed by atoms with Crippen LogP contribution in [0.3, 0.4) is 0 Å². The lowest BCUT2D eigenvalue weighted by Gasteiger charge is -2.36. The third-order valence-electron chi connectivity index (χ3n) is 4.54. The molecule has 3 heterocycles. The topological polar surface area (TPSA) is 37.3 Å². The fourth-order valence-corrected chi connectivity index (χ4v) is 4.01. The molecule has 0 spiro atoms. The first-order chi connectivity index (χ1) is 10.7. The predicted molar refractivity (Wildman–Crippen MR) is 90.1 cm³/mol. The van der Waals surface area contributed by atoms with E-state index in [2.05, 4.69) is 37.7 Å². The summed E-state index contributed by atoms with van der Waals surface area (Å²) in [5.41, 5.74) is 3.37. The van der Waals surface area contributed by atoms with Gasteiger partial charge in [0.05, 0.1) is 6.04 Å². The van der Waals surface area contributed by atoms with Crippen molar-refractivity contribution in [1.29, 1.82) is 0 Å². The summed E-state index contributed by atoms with van der Waals surface area (Å²) in [6.45, 7) is 2.12. The van der Waals surface area contributed by atoms with Crippen LogP contribution in [0.4, 0.5) is 0 Å². The number of rotatable bonds is 4. The first-order valence-electron chi connectivity index (χ1n) is 7.83. The van der Waals surface area contributed by atoms with E-state index in [0.717, 1.165) is 25.2 Å². The number of amides is 1. The molecule has 0 bridgehead atoms. The van der Waals surface area contributed by atoms with E-state index in [1.54, 1.807) is 18.4 Å². The quantitative estimate of drug-likeness (QED) is 0.940. The lowest BCUT2D eigenvalue weighted by molar-refractivity contribution is 0.0952. The van der Waals surface area contributed by atoms with Crippen molar-refractivity contribution in [2.75, 3.05) is 13.6 Å². The highest BCUT2D eigenvalue weighted by molar-refractivity contribution is 7.07. The molecule has 0 saturated carbocycles. The maximum atomic E-state index is 11.9. The number of thiophene rings is 1. The molecule has 1 fully saturated rings. The van der Waals surface area contributed by atoms with E-state index in [-0.39, 0.29) is 5.91 Å². The van der Waals surface area contributed by atoms with Gasteiger partial charge >= 0.3 is 0 Å². The average molecular weight is 317 g/mol. The van der Waals surface area contributed by atoms with Crippen LogP contribution in [-0.4, -0.2) is 29.0 Å². The molecule has 1 atom stereocenters. The molecule has 2 aromatic rings. The zero-order valence-electron chi connectivity index (χ0n) is 13.2. The minimum atomic E-state index is -0.0195. The average Bonchev–Trinajstić information content (AvgIpc) is 3.17. The number of nitrogens with one attached hydrogen (secondary N) is 1. The zero-order chi connectivity index (χ0) is 15.5. The molecule has 0 aromatic carbocycles. The minimum Gasteiger partial charge on any atom is -0.354 e. The van der Waals surface area contributed by atoms with Gasteiger partial charge in [-0.25, -0.2) is 0 Å². The Morgan fingerprint density at radius 3 is 2.95 bits per heavy atom. The summed E-state index contributed by atoms with van der Waals surface area (Å²) in [6, 6.07) is 6.65. The number of nitrogens with zero attached hydrogens (tertiary/aromatic N) is 2. The van der Waals surface area contributed by atoms with Crippen molar-refractivity contribution in [3.63, 3.8) is 0 Å². The summed E-state index contributed by atoms with van der Waals surface area (Å²) in [4.78, 5) is 14.5. The van der Waals surface area contributed by atoms with Crippen LogP contribution < -0.4 is 5.32 Å². The number of carbonyl (C=O) groups excluding carboxylic acids is 1. The fraction of sp³-hybridized carbons (Fsp3) is 0.471. The maximum Gasteiger partial charge on any atom is 0.267 e. The molecule has 1 amide bonds. The van der Waals surface area contributed by atoms with E-state index in [4.69, 9.17) is 0 Å². The monoisotopic (exact) mass is 317 g/mol. The molecule has 1 unspecified atom stereocenters. The van der Waals surface area contributed by atoms with Crippen molar-refractivity contribution in [2.45, 2.75) is 31.8 Å². The normalized spacial score (nSPS) is 19.3. The number of aromatic nitrogens is 1. The van der Waals surface area contributed by atoms with Crippen LogP contribution in [0.15, 0.2) is 29.0 Å². The molecule has 118 valence electrons. The Morgan fingerprint density at radius 1 is 1.36 bits per heavy atom. The minimum absolute atomic E-state index is 0.0195. The predicted octanol–water partition coefficient (Wildman–Crippen LogP) is 3.17. The molecule has 1 saturated heterocycles. The third kappa shape index (κ3) is 2.96. The van der Waals surface area contributed by atoms with E-state index >= 15 is 0 Å². The van der Waals surface area contributed by atoms with Crippen LogP contribution in [0.25, 0.3) is 0 Å². The first-order valence-corrected chi connectivity index (χ1v) is 8.78. The second-order valence-corrected chi connectivity index (χ2v) is 6.68. The van der Waals surface area contributed by atoms with E-state index < -0.39 is 0 Å². The van der Waals surface area contributed by atoms with Crippen LogP contribution in [0.2, 0.25) is 0 Å². The Labute approximate surface area is 135 Å². The van der Waals surface area contributed by atoms with Gasteiger partial charge in [-0.3, -0.25) is 9.69 Å². The van der Waals surface area contributed by atoms with E-state index in [1.807, 2.05) is 13.1 Å². The summed E-state index contributed by atoms with van der Waals surface area (Å²) in [7, 11) is 3.68. The first kappa shape index (κ1) is 15.3. The molecule has 0 radical (unpaired) electrons. The summed E-state index contributed by atoms with van der Waals surface area (Å²) >= 11 is 1.75. The second-order valence-electron chi connectivity index (χ2n) is 5.90. The van der Waals surface area contributed by atoms with Gasteiger partial charge in [-0.05, 0) is 53.9 Å². The lowest BCUT2D eigenvalue weighted by atomic mass is 9.99. The Balaban J connectivity index is 1.84. The molecular formula is C17H23N3OS. The molecule has 0 aliphatic carbocycles. The summed E-state index contributed by atoms with van der Waals surface area (Å²) in [5, 5.41) is 7.08. The summed E-state index contributed by atoms with van der Waals surface area (Å²) < 4.78 is 2.05. The molecule has 3 rings (SSSR count). The molecule has 2 aromatic heterocycles. The van der Waals surface area contributed by atoms with Gasteiger partial charge in [-0.2, -0.15) is 11.3 Å². The lowest BCUT2D eigenvalue weighted by Crippen LogP contribution is -2.34. The van der Waals surface area contributed by atoms with Crippen LogP contribution in [0, 0.1) is 0 Å². The van der Waals surface area contributed by atoms with Gasteiger partial charge in [0.15, 0.2) is 0 Å². The highest BCUT2D eigenvalue weighted by Gasteiger charge is 2.27. The van der Waals surface area contributed by atoms with E-state index in [0.29, 0.717) is 6.04 Å². The fourth-order valence-electron chi connectivity index (χ4n) is 3.35. The molecule has 1 aliphatic rings. The number of hydrogen-bond acceptors (Lipinski definition) is 3. The van der Waals surface area contributed by atoms with Crippen molar-refractivity contribution in [1.82, 2.24) is 14.8 Å². The molecule has 22 heavy (non-hydrogen) atoms. The Kier molecular flexibility index (Phi) is 4.64. The molecular weight excluding hydrogens is 294 g/mol. The van der Waals surface area contributed by atoms with Gasteiger partial charge in [-0.1, -0.05) is 6.42 Å². The van der Waals surface area contributed by atoms with Crippen LogP contribution >= 0.6 is 11.3 Å². The number of likely N-dealkylation sites (tertiary alicyclic amines) is 1. The third-order valence-corrected chi connectivity index (χ3v) is 5.27. The Morgan fingerprint density at radius 2 is 2.23 bits per heavy atom. The standard InChI is InChI=1S/C17H23N3OS/c1-18-17(21)16-7-6-14(19(16)2)15-5-3-4-9-20(15)11-13-8-10-22-12-13/h6-8,10,12,15H,3-5,9,11H2,1-2H3,(H,18,21). The van der Waals surface area contributed by atoms with Crippen LogP contribution in [-0.2, 0) is 13.6 Å². The van der Waals surface area contributed by atoms with Gasteiger partial charge < -0.3 is 9.88 Å². The number of hydrogen-bond donors (Lipinski definition) is 1. The maximum absolute atomic E-state index is 11.9. The highest BCUT2D eigenvalue weighted by Crippen LogP contribution is 2.33. The number of carbonyl (C=O) groups is 1. The molecule has 4 nitrogen and oxygen atoms in total. The van der Waals surface area contributed by atoms with Crippen molar-refractivity contribution in [3.05, 3.63) is 45.9 Å². The largest absolute Gasteiger partial charge is 0.354 e. The Hall–Kier alpha value is -1.59. The second kappa shape index (κ2) is 6.67. The molecule has 1 N–H and O–H groups in total. The summed E-state index contributed by atoms with van der Waals surface area (Å²) in [5.74, 6) is -0.0195. The smallest absolute Gasteiger partial charge is 0.267 e. The van der Waals surface area contributed by atoms with Crippen LogP contribution in [0.5, 0.6) is 0 Å². The zero-order valence-corrected chi connectivity index (χ0v) is 14.0. The van der Waals surface area contributed by atoms with Crippen LogP contribution in [0.1, 0.15) is 47.1 Å². The molecule has 1 aliphatic heterocycles. The van der Waals surface area contributed by atoms with Crippen molar-refractivity contribution in [3.8, 4) is 0 Å². The van der Waals surface area contributed by atoms with E-state index in [9.17, 15) is 4.79 Å². The molecule has 5 heteroatoms. The van der Waals surface area contributed by atoms with E-state index in [1.165, 1.54) is 24.1 Å². The summed E-state index contributed by atoms with van der Waals surface area (Å²) in [6.07, 6.45) is 3.67. The highest BCUT2D eigenvalue weighted by atomic mass is 32.1. The van der Waals surface area contributed by atoms with Gasteiger partial charge in [0, 0.05) is 26.3 Å².